The second-order valence-electron chi connectivity index (χ2n) is 4.93. The van der Waals surface area contributed by atoms with Gasteiger partial charge in [0.2, 0.25) is 10.0 Å². The topological polar surface area (TPSA) is 98.6 Å². The molecule has 0 saturated carbocycles. The molecule has 0 aliphatic carbocycles. The summed E-state index contributed by atoms with van der Waals surface area (Å²) in [4.78, 5) is 2.42. The van der Waals surface area contributed by atoms with E-state index in [1.165, 1.54) is 18.6 Å². The molecule has 2 rings (SSSR count). The van der Waals surface area contributed by atoms with Gasteiger partial charge in [-0.05, 0) is 43.7 Å². The van der Waals surface area contributed by atoms with Crippen LogP contribution >= 0.6 is 0 Å². The van der Waals surface area contributed by atoms with Crippen LogP contribution in [0.3, 0.4) is 0 Å². The van der Waals surface area contributed by atoms with Crippen molar-refractivity contribution in [1.29, 1.82) is 0 Å². The Morgan fingerprint density at radius 3 is 2.60 bits per heavy atom. The second-order valence-corrected chi connectivity index (χ2v) is 6.49. The maximum atomic E-state index is 11.1. The molecule has 7 heteroatoms. The molecule has 1 fully saturated rings. The van der Waals surface area contributed by atoms with Crippen molar-refractivity contribution in [2.45, 2.75) is 23.8 Å². The number of nitrogens with two attached hydrogens (primary N) is 2. The molecule has 4 N–H and O–H groups in total. The van der Waals surface area contributed by atoms with E-state index in [-0.39, 0.29) is 4.90 Å². The third kappa shape index (κ3) is 3.92. The van der Waals surface area contributed by atoms with Crippen LogP contribution in [0.15, 0.2) is 29.2 Å². The predicted molar refractivity (Wildman–Crippen MR) is 77.0 cm³/mol. The van der Waals surface area contributed by atoms with Gasteiger partial charge in [0.05, 0.1) is 4.90 Å². The summed E-state index contributed by atoms with van der Waals surface area (Å²) in [6.07, 6.45) is 2.34. The molecule has 6 nitrogen and oxygen atoms in total. The van der Waals surface area contributed by atoms with E-state index in [2.05, 4.69) is 4.90 Å². The Kier molecular flexibility index (Phi) is 4.98. The van der Waals surface area contributed by atoms with Crippen molar-refractivity contribution in [2.75, 3.05) is 26.2 Å². The fourth-order valence-corrected chi connectivity index (χ4v) is 2.98. The average Bonchev–Trinajstić information content (AvgIpc) is 2.86. The van der Waals surface area contributed by atoms with Crippen molar-refractivity contribution in [3.63, 3.8) is 0 Å². The lowest BCUT2D eigenvalue weighted by Crippen LogP contribution is -2.37. The molecule has 1 aliphatic heterocycles. The molecular formula is C13H21N3O3S. The van der Waals surface area contributed by atoms with E-state index in [1.807, 2.05) is 0 Å². The molecule has 1 heterocycles. The molecule has 0 bridgehead atoms. The molecule has 1 atom stereocenters. The van der Waals surface area contributed by atoms with Gasteiger partial charge in [0.25, 0.3) is 0 Å². The zero-order valence-electron chi connectivity index (χ0n) is 11.4. The Bertz CT molecular complexity index is 530. The summed E-state index contributed by atoms with van der Waals surface area (Å²) in [7, 11) is -3.64. The zero-order chi connectivity index (χ0) is 14.6. The van der Waals surface area contributed by atoms with Crippen LogP contribution in [0.1, 0.15) is 12.8 Å². The summed E-state index contributed by atoms with van der Waals surface area (Å²) in [5, 5.41) is 5.03. The Morgan fingerprint density at radius 2 is 2.00 bits per heavy atom. The number of sulfonamides is 1. The van der Waals surface area contributed by atoms with Crippen molar-refractivity contribution in [3.8, 4) is 5.75 Å². The van der Waals surface area contributed by atoms with Gasteiger partial charge in [-0.1, -0.05) is 0 Å². The van der Waals surface area contributed by atoms with Gasteiger partial charge in [-0.3, -0.25) is 4.90 Å². The lowest BCUT2D eigenvalue weighted by atomic mass is 10.2. The number of primary sulfonamides is 1. The number of benzene rings is 1. The van der Waals surface area contributed by atoms with Crippen LogP contribution in [-0.4, -0.2) is 45.6 Å². The van der Waals surface area contributed by atoms with Crippen molar-refractivity contribution in [3.05, 3.63) is 24.3 Å². The Morgan fingerprint density at radius 1 is 1.30 bits per heavy atom. The summed E-state index contributed by atoms with van der Waals surface area (Å²) in [5.41, 5.74) is 5.71. The monoisotopic (exact) mass is 299 g/mol. The SMILES string of the molecule is NCC1CCCN1CCOc1ccc(S(N)(=O)=O)cc1. The number of ether oxygens (including phenoxy) is 1. The number of hydrogen-bond donors (Lipinski definition) is 2. The van der Waals surface area contributed by atoms with Crippen molar-refractivity contribution >= 4 is 10.0 Å². The van der Waals surface area contributed by atoms with Gasteiger partial charge in [-0.15, -0.1) is 0 Å². The average molecular weight is 299 g/mol. The van der Waals surface area contributed by atoms with E-state index in [0.717, 1.165) is 19.5 Å². The largest absolute Gasteiger partial charge is 0.492 e. The molecule has 1 unspecified atom stereocenters. The van der Waals surface area contributed by atoms with E-state index >= 15 is 0 Å². The normalized spacial score (nSPS) is 20.2. The molecule has 1 aromatic carbocycles. The Balaban J connectivity index is 1.82. The van der Waals surface area contributed by atoms with Gasteiger partial charge in [0, 0.05) is 19.1 Å². The van der Waals surface area contributed by atoms with Crippen LogP contribution < -0.4 is 15.6 Å². The first kappa shape index (κ1) is 15.2. The minimum absolute atomic E-state index is 0.0904. The Labute approximate surface area is 119 Å². The zero-order valence-corrected chi connectivity index (χ0v) is 12.2. The van der Waals surface area contributed by atoms with Crippen LogP contribution in [0.4, 0.5) is 0 Å². The van der Waals surface area contributed by atoms with E-state index in [4.69, 9.17) is 15.6 Å². The number of likely N-dealkylation sites (tertiary alicyclic amines) is 1. The van der Waals surface area contributed by atoms with E-state index in [0.29, 0.717) is 24.9 Å². The summed E-state index contributed by atoms with van der Waals surface area (Å²) >= 11 is 0. The van der Waals surface area contributed by atoms with Gasteiger partial charge < -0.3 is 10.5 Å². The molecule has 112 valence electrons. The second kappa shape index (κ2) is 6.53. The van der Waals surface area contributed by atoms with Crippen molar-refractivity contribution < 1.29 is 13.2 Å². The standard InChI is InChI=1S/C13H21N3O3S/c14-10-11-2-1-7-16(11)8-9-19-12-3-5-13(6-4-12)20(15,17)18/h3-6,11H,1-2,7-10,14H2,(H2,15,17,18). The smallest absolute Gasteiger partial charge is 0.238 e. The van der Waals surface area contributed by atoms with Crippen LogP contribution in [0.5, 0.6) is 5.75 Å². The summed E-state index contributed by atoms with van der Waals surface area (Å²) in [6.45, 7) is 3.14. The highest BCUT2D eigenvalue weighted by Crippen LogP contribution is 2.17. The molecule has 20 heavy (non-hydrogen) atoms. The first-order valence-electron chi connectivity index (χ1n) is 6.70. The molecule has 1 saturated heterocycles. The number of nitrogens with zero attached hydrogens (tertiary/aromatic N) is 1. The van der Waals surface area contributed by atoms with Crippen LogP contribution in [0.2, 0.25) is 0 Å². The maximum absolute atomic E-state index is 11.1. The fraction of sp³-hybridized carbons (Fsp3) is 0.538. The maximum Gasteiger partial charge on any atom is 0.238 e. The molecule has 0 radical (unpaired) electrons. The van der Waals surface area contributed by atoms with Crippen molar-refractivity contribution in [1.82, 2.24) is 4.90 Å². The van der Waals surface area contributed by atoms with Gasteiger partial charge in [0.1, 0.15) is 12.4 Å². The minimum Gasteiger partial charge on any atom is -0.492 e. The quantitative estimate of drug-likeness (QED) is 0.778. The Hall–Kier alpha value is -1.15. The van der Waals surface area contributed by atoms with Crippen molar-refractivity contribution in [2.24, 2.45) is 10.9 Å². The van der Waals surface area contributed by atoms with Crippen LogP contribution in [0, 0.1) is 0 Å². The third-order valence-electron chi connectivity index (χ3n) is 3.57. The fourth-order valence-electron chi connectivity index (χ4n) is 2.46. The number of hydrogen-bond acceptors (Lipinski definition) is 5. The first-order valence-corrected chi connectivity index (χ1v) is 8.25. The third-order valence-corrected chi connectivity index (χ3v) is 4.50. The van der Waals surface area contributed by atoms with E-state index in [1.54, 1.807) is 12.1 Å². The highest BCUT2D eigenvalue weighted by atomic mass is 32.2. The summed E-state index contributed by atoms with van der Waals surface area (Å²) in [6, 6.07) is 6.59. The molecule has 1 aliphatic rings. The highest BCUT2D eigenvalue weighted by Gasteiger charge is 2.22. The van der Waals surface area contributed by atoms with Gasteiger partial charge in [-0.2, -0.15) is 0 Å². The molecule has 0 aromatic heterocycles. The summed E-state index contributed by atoms with van der Waals surface area (Å²) < 4.78 is 27.8. The predicted octanol–water partition coefficient (Wildman–Crippen LogP) is 0.136. The van der Waals surface area contributed by atoms with Gasteiger partial charge >= 0.3 is 0 Å². The summed E-state index contributed by atoms with van der Waals surface area (Å²) in [5.74, 6) is 0.640. The van der Waals surface area contributed by atoms with Crippen LogP contribution in [0.25, 0.3) is 0 Å². The lowest BCUT2D eigenvalue weighted by Gasteiger charge is -2.22. The van der Waals surface area contributed by atoms with E-state index < -0.39 is 10.0 Å². The lowest BCUT2D eigenvalue weighted by molar-refractivity contribution is 0.199. The molecular weight excluding hydrogens is 278 g/mol. The first-order chi connectivity index (χ1) is 9.50. The highest BCUT2D eigenvalue weighted by molar-refractivity contribution is 7.89. The molecule has 0 spiro atoms. The minimum atomic E-state index is -3.64. The van der Waals surface area contributed by atoms with Crippen LogP contribution in [-0.2, 0) is 10.0 Å². The van der Waals surface area contributed by atoms with E-state index in [9.17, 15) is 8.42 Å². The van der Waals surface area contributed by atoms with Gasteiger partial charge in [-0.25, -0.2) is 13.6 Å². The molecule has 0 amide bonds. The molecule has 1 aromatic rings. The number of rotatable bonds is 6. The van der Waals surface area contributed by atoms with Gasteiger partial charge in [0.15, 0.2) is 0 Å².